The minimum Gasteiger partial charge on any atom is -0.368 e. The molecule has 7 nitrogen and oxygen atoms in total. The van der Waals surface area contributed by atoms with Gasteiger partial charge in [0.2, 0.25) is 0 Å². The molecule has 3 heterocycles. The number of aromatic nitrogens is 3. The van der Waals surface area contributed by atoms with Crippen molar-refractivity contribution in [1.29, 1.82) is 0 Å². The van der Waals surface area contributed by atoms with Crippen molar-refractivity contribution in [3.05, 3.63) is 53.7 Å². The molecule has 2 aromatic heterocycles. The van der Waals surface area contributed by atoms with Crippen LogP contribution in [0.3, 0.4) is 0 Å². The lowest BCUT2D eigenvalue weighted by molar-refractivity contribution is 0.0963. The van der Waals surface area contributed by atoms with Gasteiger partial charge in [-0.05, 0) is 18.2 Å². The normalized spacial score (nSPS) is 16.6. The van der Waals surface area contributed by atoms with Crippen molar-refractivity contribution < 1.29 is 17.4 Å². The third-order valence-electron chi connectivity index (χ3n) is 4.36. The fraction of sp³-hybridized carbons (Fsp3) is 0.211. The monoisotopic (exact) mass is 372 g/mol. The first kappa shape index (κ1) is 11.3. The molecule has 0 bridgehead atoms. The van der Waals surface area contributed by atoms with E-state index in [9.17, 15) is 9.18 Å². The molecule has 0 saturated heterocycles. The number of hydrogen-bond acceptors (Lipinski definition) is 5. The van der Waals surface area contributed by atoms with Crippen LogP contribution in [-0.4, -0.2) is 34.7 Å². The first-order valence-electron chi connectivity index (χ1n) is 11.0. The number of carbonyl (C=O) groups excluding carboxylic acids is 1. The number of nitrogens with zero attached hydrogens (tertiary/aromatic N) is 4. The number of pyridine rings is 1. The van der Waals surface area contributed by atoms with Crippen molar-refractivity contribution in [2.75, 3.05) is 24.2 Å². The molecule has 0 spiro atoms. The summed E-state index contributed by atoms with van der Waals surface area (Å²) in [7, 11) is 1.76. The summed E-state index contributed by atoms with van der Waals surface area (Å²) in [5.74, 6) is -1.48. The second-order valence-electron chi connectivity index (χ2n) is 6.15. The number of amides is 1. The van der Waals surface area contributed by atoms with Gasteiger partial charge in [-0.15, -0.1) is 0 Å². The molecule has 4 rings (SSSR count). The first-order valence-corrected chi connectivity index (χ1v) is 8.01. The number of nitrogens with one attached hydrogen (secondary N) is 2. The van der Waals surface area contributed by atoms with E-state index in [4.69, 9.17) is 8.22 Å². The highest BCUT2D eigenvalue weighted by molar-refractivity contribution is 6.01. The molecule has 0 aliphatic carbocycles. The Kier molecular flexibility index (Phi) is 2.68. The maximum Gasteiger partial charge on any atom is 0.254 e. The molecule has 1 aliphatic rings. The van der Waals surface area contributed by atoms with E-state index in [1.807, 2.05) is 5.32 Å². The SMILES string of the molecule is [2H]C([2H])([2H])NC(=O)c1cnccc1Nc1cc(F)cc2c1N(C)Cc1cn(C([2H])([2H])[2H])nc1-2. The minimum atomic E-state index is -2.69. The zero-order valence-corrected chi connectivity index (χ0v) is 14.2. The molecular formula is C19H19FN6O. The lowest BCUT2D eigenvalue weighted by Crippen LogP contribution is -2.23. The van der Waals surface area contributed by atoms with Gasteiger partial charge in [-0.2, -0.15) is 5.10 Å². The van der Waals surface area contributed by atoms with Crippen LogP contribution in [0.15, 0.2) is 36.8 Å². The molecule has 138 valence electrons. The van der Waals surface area contributed by atoms with Crippen molar-refractivity contribution >= 4 is 23.0 Å². The highest BCUT2D eigenvalue weighted by Crippen LogP contribution is 2.43. The molecule has 3 aromatic rings. The van der Waals surface area contributed by atoms with Crippen LogP contribution in [0.4, 0.5) is 21.5 Å². The second kappa shape index (κ2) is 6.39. The quantitative estimate of drug-likeness (QED) is 0.739. The summed E-state index contributed by atoms with van der Waals surface area (Å²) in [4.78, 5) is 18.1. The summed E-state index contributed by atoms with van der Waals surface area (Å²) in [5.41, 5.74) is 2.35. The second-order valence-corrected chi connectivity index (χ2v) is 6.15. The van der Waals surface area contributed by atoms with Gasteiger partial charge in [-0.25, -0.2) is 4.39 Å². The van der Waals surface area contributed by atoms with Gasteiger partial charge >= 0.3 is 0 Å². The number of fused-ring (bicyclic) bond motifs is 3. The van der Waals surface area contributed by atoms with Gasteiger partial charge in [0.25, 0.3) is 5.91 Å². The molecule has 27 heavy (non-hydrogen) atoms. The molecule has 0 atom stereocenters. The highest BCUT2D eigenvalue weighted by atomic mass is 19.1. The fourth-order valence-corrected chi connectivity index (χ4v) is 3.27. The minimum absolute atomic E-state index is 0.0440. The molecule has 0 fully saturated rings. The first-order chi connectivity index (χ1) is 15.3. The van der Waals surface area contributed by atoms with Crippen molar-refractivity contribution in [3.63, 3.8) is 0 Å². The van der Waals surface area contributed by atoms with Crippen molar-refractivity contribution in [1.82, 2.24) is 20.1 Å². The topological polar surface area (TPSA) is 75.1 Å². The van der Waals surface area contributed by atoms with E-state index in [0.29, 0.717) is 29.1 Å². The number of hydrogen-bond donors (Lipinski definition) is 2. The largest absolute Gasteiger partial charge is 0.368 e. The number of halogens is 1. The van der Waals surface area contributed by atoms with Crippen molar-refractivity contribution in [3.8, 4) is 11.3 Å². The number of aryl methyl sites for hydroxylation is 1. The summed E-state index contributed by atoms with van der Waals surface area (Å²) in [6.45, 7) is -4.85. The Morgan fingerprint density at radius 1 is 1.37 bits per heavy atom. The maximum atomic E-state index is 14.6. The van der Waals surface area contributed by atoms with Gasteiger partial charge in [0.1, 0.15) is 5.82 Å². The number of rotatable bonds is 3. The molecule has 1 amide bonds. The zero-order valence-electron chi connectivity index (χ0n) is 20.2. The van der Waals surface area contributed by atoms with E-state index in [2.05, 4.69) is 15.4 Å². The van der Waals surface area contributed by atoms with Crippen LogP contribution in [0, 0.1) is 5.82 Å². The Balaban J connectivity index is 1.79. The lowest BCUT2D eigenvalue weighted by atomic mass is 9.99. The van der Waals surface area contributed by atoms with Gasteiger partial charge in [0, 0.05) is 65.5 Å². The summed E-state index contributed by atoms with van der Waals surface area (Å²) >= 11 is 0. The zero-order chi connectivity index (χ0) is 24.1. The summed E-state index contributed by atoms with van der Waals surface area (Å²) in [5, 5.41) is 9.07. The highest BCUT2D eigenvalue weighted by Gasteiger charge is 2.26. The van der Waals surface area contributed by atoms with E-state index in [1.54, 1.807) is 11.9 Å². The smallest absolute Gasteiger partial charge is 0.254 e. The predicted molar refractivity (Wildman–Crippen MR) is 102 cm³/mol. The number of benzene rings is 1. The predicted octanol–water partition coefficient (Wildman–Crippen LogP) is 2.67. The van der Waals surface area contributed by atoms with Crippen LogP contribution in [-0.2, 0) is 13.5 Å². The molecule has 2 N–H and O–H groups in total. The average Bonchev–Trinajstić information content (AvgIpc) is 3.11. The molecule has 1 aromatic carbocycles. The Morgan fingerprint density at radius 3 is 3.07 bits per heavy atom. The van der Waals surface area contributed by atoms with Crippen LogP contribution >= 0.6 is 0 Å². The van der Waals surface area contributed by atoms with Gasteiger partial charge < -0.3 is 15.5 Å². The van der Waals surface area contributed by atoms with Gasteiger partial charge in [0.05, 0.1) is 28.3 Å². The molecule has 0 unspecified atom stereocenters. The molecule has 0 saturated carbocycles. The fourth-order valence-electron chi connectivity index (χ4n) is 3.27. The Hall–Kier alpha value is -3.42. The van der Waals surface area contributed by atoms with Crippen molar-refractivity contribution in [2.45, 2.75) is 6.54 Å². The molecule has 8 heteroatoms. The third-order valence-corrected chi connectivity index (χ3v) is 4.36. The van der Waals surface area contributed by atoms with Crippen LogP contribution in [0.25, 0.3) is 11.3 Å². The van der Waals surface area contributed by atoms with E-state index in [-0.39, 0.29) is 16.9 Å². The average molecular weight is 372 g/mol. The Morgan fingerprint density at radius 2 is 2.26 bits per heavy atom. The van der Waals surface area contributed by atoms with E-state index in [0.717, 1.165) is 4.68 Å². The van der Waals surface area contributed by atoms with Gasteiger partial charge in [-0.1, -0.05) is 0 Å². The van der Waals surface area contributed by atoms with Gasteiger partial charge in [-0.3, -0.25) is 14.5 Å². The van der Waals surface area contributed by atoms with Crippen molar-refractivity contribution in [2.24, 2.45) is 6.98 Å². The van der Waals surface area contributed by atoms with Crippen LogP contribution in [0.1, 0.15) is 24.1 Å². The summed E-state index contributed by atoms with van der Waals surface area (Å²) in [6.07, 6.45) is 4.02. The Bertz CT molecular complexity index is 1240. The van der Waals surface area contributed by atoms with Gasteiger partial charge in [0.15, 0.2) is 0 Å². The van der Waals surface area contributed by atoms with Crippen LogP contribution < -0.4 is 15.5 Å². The standard InChI is InChI=1S/C19H19FN6O/c1-21-19(27)14-8-22-5-4-15(14)23-16-7-12(20)6-13-17-11(10-26(3)24-17)9-25(2)18(13)16/h4-8,10H,9H2,1-3H3,(H,21,27)(H,22,23)/i1D3,3D3. The lowest BCUT2D eigenvalue weighted by Gasteiger charge is -2.29. The maximum absolute atomic E-state index is 14.6. The van der Waals surface area contributed by atoms with E-state index < -0.39 is 25.7 Å². The molecule has 1 aliphatic heterocycles. The van der Waals surface area contributed by atoms with E-state index >= 15 is 0 Å². The third kappa shape index (κ3) is 2.88. The summed E-state index contributed by atoms with van der Waals surface area (Å²) < 4.78 is 60.1. The van der Waals surface area contributed by atoms with Crippen LogP contribution in [0.5, 0.6) is 0 Å². The Labute approximate surface area is 164 Å². The van der Waals surface area contributed by atoms with E-state index in [1.165, 1.54) is 36.8 Å². The summed E-state index contributed by atoms with van der Waals surface area (Å²) in [6, 6.07) is 3.96. The van der Waals surface area contributed by atoms with Crippen LogP contribution in [0.2, 0.25) is 0 Å². The molecular weight excluding hydrogens is 347 g/mol. The molecule has 0 radical (unpaired) electrons. The number of carbonyl (C=O) groups is 1. The number of anilines is 3.